The summed E-state index contributed by atoms with van der Waals surface area (Å²) in [7, 11) is -3.57. The highest BCUT2D eigenvalue weighted by Gasteiger charge is 2.22. The molecule has 134 valence electrons. The number of carbonyl (C=O) groups is 1. The van der Waals surface area contributed by atoms with Crippen LogP contribution in [0.4, 0.5) is 5.69 Å². The fourth-order valence-corrected chi connectivity index (χ4v) is 3.37. The van der Waals surface area contributed by atoms with Gasteiger partial charge in [-0.25, -0.2) is 8.42 Å². The van der Waals surface area contributed by atoms with E-state index in [1.54, 1.807) is 6.07 Å². The van der Waals surface area contributed by atoms with E-state index in [9.17, 15) is 13.2 Å². The number of amides is 1. The van der Waals surface area contributed by atoms with Crippen molar-refractivity contribution >= 4 is 21.6 Å². The lowest BCUT2D eigenvalue weighted by Gasteiger charge is -2.24. The Labute approximate surface area is 149 Å². The van der Waals surface area contributed by atoms with Crippen LogP contribution in [-0.4, -0.2) is 27.1 Å². The fourth-order valence-electron chi connectivity index (χ4n) is 2.46. The molecule has 0 radical (unpaired) electrons. The second-order valence-electron chi connectivity index (χ2n) is 6.32. The van der Waals surface area contributed by atoms with Crippen LogP contribution in [0.25, 0.3) is 0 Å². The maximum absolute atomic E-state index is 12.3. The van der Waals surface area contributed by atoms with Crippen molar-refractivity contribution in [3.63, 3.8) is 0 Å². The Kier molecular flexibility index (Phi) is 5.85. The van der Waals surface area contributed by atoms with Crippen molar-refractivity contribution in [3.05, 3.63) is 64.7 Å². The molecule has 0 aromatic heterocycles. The van der Waals surface area contributed by atoms with Crippen molar-refractivity contribution in [2.24, 2.45) is 0 Å². The molecule has 0 saturated heterocycles. The number of carbonyl (C=O) groups excluding carboxylic acids is 1. The summed E-state index contributed by atoms with van der Waals surface area (Å²) >= 11 is 0. The van der Waals surface area contributed by atoms with Gasteiger partial charge in [-0.1, -0.05) is 42.0 Å². The van der Waals surface area contributed by atoms with E-state index in [1.807, 2.05) is 57.2 Å². The summed E-state index contributed by atoms with van der Waals surface area (Å²) < 4.78 is 25.5. The summed E-state index contributed by atoms with van der Waals surface area (Å²) in [5.74, 6) is -0.341. The Balaban J connectivity index is 2.13. The standard InChI is InChI=1S/C19H24N2O3S/c1-14-6-9-17(10-7-14)12-20-19(22)13-21(25(4,23)24)18-11-15(2)5-8-16(18)3/h5-11H,12-13H2,1-4H3,(H,20,22). The molecule has 1 amide bonds. The van der Waals surface area contributed by atoms with E-state index in [0.29, 0.717) is 12.2 Å². The Morgan fingerprint density at radius 3 is 2.20 bits per heavy atom. The minimum absolute atomic E-state index is 0.241. The van der Waals surface area contributed by atoms with Crippen LogP contribution in [0.3, 0.4) is 0 Å². The van der Waals surface area contributed by atoms with E-state index in [4.69, 9.17) is 0 Å². The zero-order valence-electron chi connectivity index (χ0n) is 15.0. The Morgan fingerprint density at radius 2 is 1.60 bits per heavy atom. The van der Waals surface area contributed by atoms with Crippen molar-refractivity contribution in [3.8, 4) is 0 Å². The molecule has 2 rings (SSSR count). The number of nitrogens with zero attached hydrogens (tertiary/aromatic N) is 1. The molecule has 0 saturated carbocycles. The van der Waals surface area contributed by atoms with Crippen LogP contribution in [0.2, 0.25) is 0 Å². The van der Waals surface area contributed by atoms with Crippen LogP contribution in [0.15, 0.2) is 42.5 Å². The number of sulfonamides is 1. The summed E-state index contributed by atoms with van der Waals surface area (Å²) in [6.45, 7) is 5.84. The van der Waals surface area contributed by atoms with E-state index in [1.165, 1.54) is 0 Å². The quantitative estimate of drug-likeness (QED) is 0.861. The Hall–Kier alpha value is -2.34. The average molecular weight is 360 g/mol. The average Bonchev–Trinajstić information content (AvgIpc) is 2.53. The zero-order chi connectivity index (χ0) is 18.6. The summed E-state index contributed by atoms with van der Waals surface area (Å²) in [4.78, 5) is 12.3. The number of nitrogens with one attached hydrogen (secondary N) is 1. The van der Waals surface area contributed by atoms with E-state index >= 15 is 0 Å². The molecular weight excluding hydrogens is 336 g/mol. The lowest BCUT2D eigenvalue weighted by Crippen LogP contribution is -2.40. The molecule has 25 heavy (non-hydrogen) atoms. The highest BCUT2D eigenvalue weighted by molar-refractivity contribution is 7.92. The first-order valence-corrected chi connectivity index (χ1v) is 9.89. The highest BCUT2D eigenvalue weighted by Crippen LogP contribution is 2.23. The molecule has 2 aromatic carbocycles. The van der Waals surface area contributed by atoms with Crippen LogP contribution >= 0.6 is 0 Å². The monoisotopic (exact) mass is 360 g/mol. The van der Waals surface area contributed by atoms with Crippen molar-refractivity contribution in [2.45, 2.75) is 27.3 Å². The minimum atomic E-state index is -3.57. The van der Waals surface area contributed by atoms with Crippen LogP contribution < -0.4 is 9.62 Å². The van der Waals surface area contributed by atoms with Gasteiger partial charge in [0.25, 0.3) is 0 Å². The summed E-state index contributed by atoms with van der Waals surface area (Å²) in [6.07, 6.45) is 1.11. The predicted octanol–water partition coefficient (Wildman–Crippen LogP) is 2.69. The van der Waals surface area contributed by atoms with Gasteiger partial charge in [-0.3, -0.25) is 9.10 Å². The topological polar surface area (TPSA) is 66.5 Å². The molecule has 6 heteroatoms. The molecule has 2 aromatic rings. The van der Waals surface area contributed by atoms with Gasteiger partial charge in [0.2, 0.25) is 15.9 Å². The summed E-state index contributed by atoms with van der Waals surface area (Å²) in [5, 5.41) is 2.78. The van der Waals surface area contributed by atoms with Crippen molar-refractivity contribution in [2.75, 3.05) is 17.1 Å². The van der Waals surface area contributed by atoms with Crippen LogP contribution in [0.5, 0.6) is 0 Å². The van der Waals surface area contributed by atoms with E-state index < -0.39 is 10.0 Å². The minimum Gasteiger partial charge on any atom is -0.350 e. The van der Waals surface area contributed by atoms with Crippen molar-refractivity contribution in [1.29, 1.82) is 0 Å². The fraction of sp³-hybridized carbons (Fsp3) is 0.316. The molecule has 0 heterocycles. The largest absolute Gasteiger partial charge is 0.350 e. The number of benzene rings is 2. The van der Waals surface area contributed by atoms with Crippen molar-refractivity contribution in [1.82, 2.24) is 5.32 Å². The Morgan fingerprint density at radius 1 is 1.00 bits per heavy atom. The first-order valence-electron chi connectivity index (χ1n) is 8.04. The number of aryl methyl sites for hydroxylation is 3. The molecule has 0 atom stereocenters. The lowest BCUT2D eigenvalue weighted by atomic mass is 10.1. The van der Waals surface area contributed by atoms with Gasteiger partial charge in [-0.2, -0.15) is 0 Å². The summed E-state index contributed by atoms with van der Waals surface area (Å²) in [6, 6.07) is 13.4. The number of rotatable bonds is 6. The van der Waals surface area contributed by atoms with Gasteiger partial charge in [-0.05, 0) is 43.5 Å². The molecule has 0 aliphatic rings. The van der Waals surface area contributed by atoms with E-state index in [-0.39, 0.29) is 12.5 Å². The lowest BCUT2D eigenvalue weighted by molar-refractivity contribution is -0.119. The van der Waals surface area contributed by atoms with Crippen LogP contribution in [0.1, 0.15) is 22.3 Å². The molecule has 0 fully saturated rings. The van der Waals surface area contributed by atoms with Crippen LogP contribution in [-0.2, 0) is 21.4 Å². The van der Waals surface area contributed by atoms with Gasteiger partial charge in [0.05, 0.1) is 11.9 Å². The maximum Gasteiger partial charge on any atom is 0.241 e. The van der Waals surface area contributed by atoms with E-state index in [0.717, 1.165) is 32.8 Å². The first-order chi connectivity index (χ1) is 11.7. The maximum atomic E-state index is 12.3. The zero-order valence-corrected chi connectivity index (χ0v) is 15.9. The number of anilines is 1. The van der Waals surface area contributed by atoms with Crippen molar-refractivity contribution < 1.29 is 13.2 Å². The smallest absolute Gasteiger partial charge is 0.241 e. The van der Waals surface area contributed by atoms with Gasteiger partial charge in [0, 0.05) is 6.54 Å². The molecule has 0 spiro atoms. The normalized spacial score (nSPS) is 11.2. The third-order valence-electron chi connectivity index (χ3n) is 3.93. The molecule has 0 aliphatic heterocycles. The van der Waals surface area contributed by atoms with E-state index in [2.05, 4.69) is 5.32 Å². The van der Waals surface area contributed by atoms with Gasteiger partial charge in [0.1, 0.15) is 6.54 Å². The number of hydrogen-bond acceptors (Lipinski definition) is 3. The van der Waals surface area contributed by atoms with Crippen LogP contribution in [0, 0.1) is 20.8 Å². The third kappa shape index (κ3) is 5.32. The van der Waals surface area contributed by atoms with Gasteiger partial charge < -0.3 is 5.32 Å². The van der Waals surface area contributed by atoms with Gasteiger partial charge >= 0.3 is 0 Å². The molecule has 1 N–H and O–H groups in total. The second-order valence-corrected chi connectivity index (χ2v) is 8.23. The molecule has 0 bridgehead atoms. The predicted molar refractivity (Wildman–Crippen MR) is 101 cm³/mol. The molecule has 0 aliphatic carbocycles. The SMILES string of the molecule is Cc1ccc(CNC(=O)CN(c2cc(C)ccc2C)S(C)(=O)=O)cc1. The third-order valence-corrected chi connectivity index (χ3v) is 5.06. The molecule has 5 nitrogen and oxygen atoms in total. The summed E-state index contributed by atoms with van der Waals surface area (Å²) in [5.41, 5.74) is 4.40. The molecular formula is C19H24N2O3S. The van der Waals surface area contributed by atoms with Gasteiger partial charge in [0.15, 0.2) is 0 Å². The second kappa shape index (κ2) is 7.70. The highest BCUT2D eigenvalue weighted by atomic mass is 32.2. The number of hydrogen-bond donors (Lipinski definition) is 1. The molecule has 0 unspecified atom stereocenters. The Bertz CT molecular complexity index is 859. The first kappa shape index (κ1) is 19.0. The van der Waals surface area contributed by atoms with Gasteiger partial charge in [-0.15, -0.1) is 0 Å².